The number of aliphatic hydroxyl groups excluding tert-OH is 1. The van der Waals surface area contributed by atoms with Gasteiger partial charge < -0.3 is 19.9 Å². The van der Waals surface area contributed by atoms with E-state index in [9.17, 15) is 14.7 Å². The number of carbonyl (C=O) groups excluding carboxylic acids is 1. The van der Waals surface area contributed by atoms with Crippen LogP contribution in [-0.4, -0.2) is 53.2 Å². The number of carbonyl (C=O) groups is 1. The molecule has 3 aromatic rings. The van der Waals surface area contributed by atoms with Gasteiger partial charge in [0.15, 0.2) is 16.7 Å². The van der Waals surface area contributed by atoms with Gasteiger partial charge in [0.2, 0.25) is 5.91 Å². The van der Waals surface area contributed by atoms with E-state index in [2.05, 4.69) is 10.3 Å². The van der Waals surface area contributed by atoms with Crippen LogP contribution in [0.25, 0.3) is 10.9 Å². The number of ether oxygens (including phenoxy) is 2. The Hall–Kier alpha value is -2.75. The van der Waals surface area contributed by atoms with Crippen LogP contribution >= 0.6 is 23.4 Å². The lowest BCUT2D eigenvalue weighted by Crippen LogP contribution is -2.30. The number of methoxy groups -OCH3 is 2. The maximum atomic E-state index is 12.9. The highest BCUT2D eigenvalue weighted by atomic mass is 35.5. The molecule has 0 saturated heterocycles. The Balaban J connectivity index is 1.65. The Morgan fingerprint density at radius 2 is 1.97 bits per heavy atom. The number of fused-ring (bicyclic) bond motifs is 1. The molecule has 10 heteroatoms. The van der Waals surface area contributed by atoms with Crippen LogP contribution in [0.5, 0.6) is 11.5 Å². The standard InChI is InChI=1S/C23H26ClN3O5S/c1-14(28)12-27-22(30)17-6-5-16(24)11-18(17)26-23(27)33-13-21(29)25-9-8-15-4-7-19(31-2)20(10-15)32-3/h4-7,10-11,14,28H,8-9,12-13H2,1-3H3,(H,25,29). The van der Waals surface area contributed by atoms with Crippen molar-refractivity contribution in [2.24, 2.45) is 0 Å². The van der Waals surface area contributed by atoms with Crippen LogP contribution in [0.4, 0.5) is 0 Å². The van der Waals surface area contributed by atoms with Crippen LogP contribution in [0.15, 0.2) is 46.3 Å². The lowest BCUT2D eigenvalue weighted by atomic mass is 10.1. The summed E-state index contributed by atoms with van der Waals surface area (Å²) in [6, 6.07) is 10.5. The predicted molar refractivity (Wildman–Crippen MR) is 130 cm³/mol. The first-order valence-corrected chi connectivity index (χ1v) is 11.7. The highest BCUT2D eigenvalue weighted by Crippen LogP contribution is 2.27. The minimum absolute atomic E-state index is 0.0737. The highest BCUT2D eigenvalue weighted by molar-refractivity contribution is 7.99. The van der Waals surface area contributed by atoms with Gasteiger partial charge in [-0.1, -0.05) is 29.4 Å². The number of thioether (sulfide) groups is 1. The summed E-state index contributed by atoms with van der Waals surface area (Å²) in [6.07, 6.45) is -0.125. The average Bonchev–Trinajstić information content (AvgIpc) is 2.79. The van der Waals surface area contributed by atoms with Gasteiger partial charge in [-0.15, -0.1) is 0 Å². The summed E-state index contributed by atoms with van der Waals surface area (Å²) in [6.45, 7) is 2.11. The predicted octanol–water partition coefficient (Wildman–Crippen LogP) is 2.90. The number of rotatable bonds is 10. The van der Waals surface area contributed by atoms with Gasteiger partial charge in [0.1, 0.15) is 0 Å². The van der Waals surface area contributed by atoms with Crippen LogP contribution in [0.2, 0.25) is 5.02 Å². The first kappa shape index (κ1) is 24.9. The zero-order valence-electron chi connectivity index (χ0n) is 18.6. The highest BCUT2D eigenvalue weighted by Gasteiger charge is 2.15. The Morgan fingerprint density at radius 3 is 2.67 bits per heavy atom. The molecule has 0 aliphatic heterocycles. The quantitative estimate of drug-likeness (QED) is 0.332. The third-order valence-corrected chi connectivity index (χ3v) is 6.06. The van der Waals surface area contributed by atoms with Gasteiger partial charge in [-0.25, -0.2) is 4.98 Å². The molecular formula is C23H26ClN3O5S. The fourth-order valence-electron chi connectivity index (χ4n) is 3.27. The molecule has 2 N–H and O–H groups in total. The molecule has 33 heavy (non-hydrogen) atoms. The molecule has 1 aromatic heterocycles. The van der Waals surface area contributed by atoms with Crippen molar-refractivity contribution >= 4 is 40.2 Å². The monoisotopic (exact) mass is 491 g/mol. The van der Waals surface area contributed by atoms with E-state index in [-0.39, 0.29) is 23.8 Å². The summed E-state index contributed by atoms with van der Waals surface area (Å²) < 4.78 is 11.9. The molecule has 0 bridgehead atoms. The lowest BCUT2D eigenvalue weighted by molar-refractivity contribution is -0.118. The number of nitrogens with zero attached hydrogens (tertiary/aromatic N) is 2. The normalized spacial score (nSPS) is 11.9. The van der Waals surface area contributed by atoms with E-state index in [1.165, 1.54) is 4.57 Å². The number of halogens is 1. The third kappa shape index (κ3) is 6.40. The van der Waals surface area contributed by atoms with Crippen molar-refractivity contribution in [3.63, 3.8) is 0 Å². The maximum Gasteiger partial charge on any atom is 0.262 e. The number of nitrogens with one attached hydrogen (secondary N) is 1. The minimum Gasteiger partial charge on any atom is -0.493 e. The molecule has 0 spiro atoms. The second-order valence-electron chi connectivity index (χ2n) is 7.40. The van der Waals surface area contributed by atoms with E-state index in [4.69, 9.17) is 21.1 Å². The maximum absolute atomic E-state index is 12.9. The van der Waals surface area contributed by atoms with Crippen LogP contribution in [-0.2, 0) is 17.8 Å². The van der Waals surface area contributed by atoms with Gasteiger partial charge in [-0.3, -0.25) is 14.2 Å². The fourth-order valence-corrected chi connectivity index (χ4v) is 4.28. The zero-order valence-corrected chi connectivity index (χ0v) is 20.2. The van der Waals surface area contributed by atoms with Crippen LogP contribution in [0.3, 0.4) is 0 Å². The molecule has 1 atom stereocenters. The van der Waals surface area contributed by atoms with Crippen molar-refractivity contribution in [3.8, 4) is 11.5 Å². The van der Waals surface area contributed by atoms with E-state index in [0.717, 1.165) is 17.3 Å². The first-order chi connectivity index (χ1) is 15.8. The first-order valence-electron chi connectivity index (χ1n) is 10.3. The average molecular weight is 492 g/mol. The number of amides is 1. The molecule has 3 rings (SSSR count). The third-order valence-electron chi connectivity index (χ3n) is 4.85. The van der Waals surface area contributed by atoms with Crippen molar-refractivity contribution in [1.29, 1.82) is 0 Å². The summed E-state index contributed by atoms with van der Waals surface area (Å²) in [5.74, 6) is 1.17. The summed E-state index contributed by atoms with van der Waals surface area (Å²) in [7, 11) is 3.15. The smallest absolute Gasteiger partial charge is 0.262 e. The lowest BCUT2D eigenvalue weighted by Gasteiger charge is -2.14. The summed E-state index contributed by atoms with van der Waals surface area (Å²) in [4.78, 5) is 29.8. The second-order valence-corrected chi connectivity index (χ2v) is 8.78. The SMILES string of the molecule is COc1ccc(CCNC(=O)CSc2nc3cc(Cl)ccc3c(=O)n2CC(C)O)cc1OC. The number of hydrogen-bond acceptors (Lipinski definition) is 7. The summed E-state index contributed by atoms with van der Waals surface area (Å²) >= 11 is 7.18. The van der Waals surface area contributed by atoms with Gasteiger partial charge in [0.05, 0.1) is 43.5 Å². The largest absolute Gasteiger partial charge is 0.493 e. The van der Waals surface area contributed by atoms with Gasteiger partial charge in [0.25, 0.3) is 5.56 Å². The van der Waals surface area contributed by atoms with Crippen LogP contribution in [0.1, 0.15) is 12.5 Å². The van der Waals surface area contributed by atoms with E-state index < -0.39 is 6.10 Å². The van der Waals surface area contributed by atoms with Crippen molar-refractivity contribution in [2.75, 3.05) is 26.5 Å². The Morgan fingerprint density at radius 1 is 1.21 bits per heavy atom. The fraction of sp³-hybridized carbons (Fsp3) is 0.348. The van der Waals surface area contributed by atoms with E-state index >= 15 is 0 Å². The molecule has 1 amide bonds. The molecule has 0 aliphatic rings. The number of aliphatic hydroxyl groups is 1. The molecule has 0 aliphatic carbocycles. The van der Waals surface area contributed by atoms with Crippen LogP contribution in [0, 0.1) is 0 Å². The number of aromatic nitrogens is 2. The van der Waals surface area contributed by atoms with Crippen molar-refractivity contribution < 1.29 is 19.4 Å². The topological polar surface area (TPSA) is 103 Å². The Kier molecular flexibility index (Phi) is 8.60. The van der Waals surface area contributed by atoms with Crippen LogP contribution < -0.4 is 20.3 Å². The van der Waals surface area contributed by atoms with E-state index in [0.29, 0.717) is 45.5 Å². The second kappa shape index (κ2) is 11.4. The molecule has 1 heterocycles. The van der Waals surface area contributed by atoms with Crippen molar-refractivity contribution in [3.05, 3.63) is 57.3 Å². The molecule has 0 radical (unpaired) electrons. The van der Waals surface area contributed by atoms with Gasteiger partial charge in [-0.2, -0.15) is 0 Å². The molecular weight excluding hydrogens is 466 g/mol. The Labute approximate surface area is 200 Å². The summed E-state index contributed by atoms with van der Waals surface area (Å²) in [5.41, 5.74) is 1.17. The molecule has 176 valence electrons. The molecule has 1 unspecified atom stereocenters. The Bertz CT molecular complexity index is 1200. The van der Waals surface area contributed by atoms with Crippen molar-refractivity contribution in [2.45, 2.75) is 31.1 Å². The minimum atomic E-state index is -0.746. The summed E-state index contributed by atoms with van der Waals surface area (Å²) in [5, 5.41) is 13.9. The van der Waals surface area contributed by atoms with E-state index in [1.54, 1.807) is 39.3 Å². The number of benzene rings is 2. The van der Waals surface area contributed by atoms with Gasteiger partial charge >= 0.3 is 0 Å². The van der Waals surface area contributed by atoms with E-state index in [1.807, 2.05) is 18.2 Å². The van der Waals surface area contributed by atoms with Gasteiger partial charge in [-0.05, 0) is 49.2 Å². The molecule has 8 nitrogen and oxygen atoms in total. The molecule has 2 aromatic carbocycles. The van der Waals surface area contributed by atoms with Crippen molar-refractivity contribution in [1.82, 2.24) is 14.9 Å². The number of hydrogen-bond donors (Lipinski definition) is 2. The zero-order chi connectivity index (χ0) is 24.0. The van der Waals surface area contributed by atoms with Gasteiger partial charge in [0, 0.05) is 11.6 Å². The molecule has 0 fully saturated rings. The molecule has 0 saturated carbocycles.